The fraction of sp³-hybridized carbons (Fsp3) is 0.533. The van der Waals surface area contributed by atoms with Crippen LogP contribution in [0.5, 0.6) is 0 Å². The number of halogens is 3. The molecule has 3 rings (SSSR count). The molecule has 26 heavy (non-hydrogen) atoms. The molecule has 0 unspecified atom stereocenters. The van der Waals surface area contributed by atoms with Crippen molar-refractivity contribution >= 4 is 33.7 Å². The second-order valence-corrected chi connectivity index (χ2v) is 7.87. The number of hydrogen-bond acceptors (Lipinski definition) is 7. The largest absolute Gasteiger partial charge is 0.411 e. The number of thiazole rings is 2. The molecule has 2 aromatic heterocycles. The van der Waals surface area contributed by atoms with Crippen LogP contribution in [0.4, 0.5) is 18.3 Å². The molecule has 0 bridgehead atoms. The molecule has 11 heteroatoms. The van der Waals surface area contributed by atoms with Gasteiger partial charge in [0, 0.05) is 11.3 Å². The van der Waals surface area contributed by atoms with Crippen molar-refractivity contribution in [2.75, 3.05) is 11.9 Å². The van der Waals surface area contributed by atoms with Crippen LogP contribution >= 0.6 is 22.7 Å². The number of carbonyl (C=O) groups is 1. The first kappa shape index (κ1) is 19.2. The van der Waals surface area contributed by atoms with Gasteiger partial charge in [-0.2, -0.15) is 13.2 Å². The lowest BCUT2D eigenvalue weighted by Gasteiger charge is -2.33. The van der Waals surface area contributed by atoms with E-state index >= 15 is 0 Å². The molecule has 6 nitrogen and oxygen atoms in total. The third-order valence-corrected chi connectivity index (χ3v) is 5.81. The normalized spacial score (nSPS) is 20.0. The maximum atomic E-state index is 12.1. The molecule has 1 amide bonds. The van der Waals surface area contributed by atoms with Gasteiger partial charge in [-0.15, -0.1) is 22.7 Å². The Labute approximate surface area is 155 Å². The second kappa shape index (κ2) is 7.59. The fourth-order valence-corrected chi connectivity index (χ4v) is 4.19. The predicted octanol–water partition coefficient (Wildman–Crippen LogP) is 3.36. The lowest BCUT2D eigenvalue weighted by molar-refractivity contribution is -0.196. The smallest absolute Gasteiger partial charge is 0.389 e. The number of hydrogen-bond donors (Lipinski definition) is 2. The van der Waals surface area contributed by atoms with Crippen LogP contribution in [0.2, 0.25) is 0 Å². The van der Waals surface area contributed by atoms with Crippen molar-refractivity contribution in [3.8, 4) is 10.6 Å². The minimum Gasteiger partial charge on any atom is -0.389 e. The highest BCUT2D eigenvalue weighted by atomic mass is 32.1. The summed E-state index contributed by atoms with van der Waals surface area (Å²) in [7, 11) is 0. The van der Waals surface area contributed by atoms with Crippen molar-refractivity contribution in [1.29, 1.82) is 0 Å². The number of aliphatic hydroxyl groups excluding tert-OH is 1. The number of aryl methyl sites for hydroxylation is 1. The van der Waals surface area contributed by atoms with E-state index in [1.165, 1.54) is 22.7 Å². The molecule has 1 fully saturated rings. The third kappa shape index (κ3) is 4.58. The maximum absolute atomic E-state index is 12.1. The second-order valence-electron chi connectivity index (χ2n) is 5.92. The Balaban J connectivity index is 1.52. The van der Waals surface area contributed by atoms with Gasteiger partial charge in [0.1, 0.15) is 11.6 Å². The standard InChI is InChI=1S/C15H16F3N3O3S2/c1-7-12(26-11(4-22)19-7)10-5-25-14(20-10)21-13(23)8-2-9(3-8)24-6-15(16,17)18/h5,8-9,22H,2-4,6H2,1H3,(H,20,21,23)/t8-,9+. The van der Waals surface area contributed by atoms with Crippen molar-refractivity contribution in [3.05, 3.63) is 16.1 Å². The first-order chi connectivity index (χ1) is 12.2. The lowest BCUT2D eigenvalue weighted by Crippen LogP contribution is -2.40. The van der Waals surface area contributed by atoms with Gasteiger partial charge in [0.25, 0.3) is 0 Å². The number of alkyl halides is 3. The number of anilines is 1. The number of rotatable bonds is 6. The summed E-state index contributed by atoms with van der Waals surface area (Å²) in [5.41, 5.74) is 1.42. The van der Waals surface area contributed by atoms with Crippen LogP contribution in [0, 0.1) is 12.8 Å². The van der Waals surface area contributed by atoms with Crippen LogP contribution in [-0.2, 0) is 16.1 Å². The minimum atomic E-state index is -4.35. The van der Waals surface area contributed by atoms with Crippen LogP contribution in [0.1, 0.15) is 23.5 Å². The molecule has 0 atom stereocenters. The average molecular weight is 407 g/mol. The first-order valence-electron chi connectivity index (χ1n) is 7.77. The third-order valence-electron chi connectivity index (χ3n) is 3.89. The van der Waals surface area contributed by atoms with E-state index in [0.29, 0.717) is 15.8 Å². The lowest BCUT2D eigenvalue weighted by atomic mass is 9.81. The topological polar surface area (TPSA) is 84.3 Å². The number of amides is 1. The molecule has 2 heterocycles. The molecular formula is C15H16F3N3O3S2. The molecular weight excluding hydrogens is 391 g/mol. The summed E-state index contributed by atoms with van der Waals surface area (Å²) in [5, 5.41) is 14.6. The number of ether oxygens (including phenoxy) is 1. The Morgan fingerprint density at radius 2 is 2.15 bits per heavy atom. The molecule has 0 aromatic carbocycles. The van der Waals surface area contributed by atoms with E-state index < -0.39 is 18.9 Å². The molecule has 1 saturated carbocycles. The van der Waals surface area contributed by atoms with Crippen molar-refractivity contribution < 1.29 is 27.8 Å². The van der Waals surface area contributed by atoms with Crippen molar-refractivity contribution in [1.82, 2.24) is 9.97 Å². The van der Waals surface area contributed by atoms with Gasteiger partial charge in [0.05, 0.1) is 29.0 Å². The molecule has 0 saturated heterocycles. The average Bonchev–Trinajstić information content (AvgIpc) is 3.10. The molecule has 0 radical (unpaired) electrons. The van der Waals surface area contributed by atoms with Crippen molar-refractivity contribution in [3.63, 3.8) is 0 Å². The molecule has 142 valence electrons. The van der Waals surface area contributed by atoms with E-state index in [9.17, 15) is 18.0 Å². The van der Waals surface area contributed by atoms with Gasteiger partial charge in [0.2, 0.25) is 5.91 Å². The van der Waals surface area contributed by atoms with Crippen molar-refractivity contribution in [2.45, 2.75) is 38.7 Å². The molecule has 2 aromatic rings. The van der Waals surface area contributed by atoms with Gasteiger partial charge < -0.3 is 15.2 Å². The molecule has 1 aliphatic rings. The van der Waals surface area contributed by atoms with E-state index in [1.807, 2.05) is 6.92 Å². The Morgan fingerprint density at radius 3 is 2.77 bits per heavy atom. The van der Waals surface area contributed by atoms with Crippen molar-refractivity contribution in [2.24, 2.45) is 5.92 Å². The maximum Gasteiger partial charge on any atom is 0.411 e. The summed E-state index contributed by atoms with van der Waals surface area (Å²) < 4.78 is 41.0. The number of aromatic nitrogens is 2. The molecule has 2 N–H and O–H groups in total. The van der Waals surface area contributed by atoms with Crippen LogP contribution in [0.25, 0.3) is 10.6 Å². The fourth-order valence-electron chi connectivity index (χ4n) is 2.53. The highest BCUT2D eigenvalue weighted by Crippen LogP contribution is 2.35. The number of nitrogens with zero attached hydrogens (tertiary/aromatic N) is 2. The van der Waals surface area contributed by atoms with E-state index in [4.69, 9.17) is 9.84 Å². The van der Waals surface area contributed by atoms with Gasteiger partial charge in [-0.05, 0) is 19.8 Å². The molecule has 0 spiro atoms. The zero-order valence-corrected chi connectivity index (χ0v) is 15.3. The highest BCUT2D eigenvalue weighted by molar-refractivity contribution is 7.17. The molecule has 0 aliphatic heterocycles. The van der Waals surface area contributed by atoms with Gasteiger partial charge in [-0.1, -0.05) is 0 Å². The van der Waals surface area contributed by atoms with Crippen LogP contribution in [-0.4, -0.2) is 39.9 Å². The monoisotopic (exact) mass is 407 g/mol. The minimum absolute atomic E-state index is 0.140. The summed E-state index contributed by atoms with van der Waals surface area (Å²) in [6.07, 6.45) is -4.34. The summed E-state index contributed by atoms with van der Waals surface area (Å²) in [4.78, 5) is 21.5. The predicted molar refractivity (Wildman–Crippen MR) is 91.0 cm³/mol. The van der Waals surface area contributed by atoms with Gasteiger partial charge >= 0.3 is 6.18 Å². The van der Waals surface area contributed by atoms with E-state index in [-0.39, 0.29) is 31.3 Å². The SMILES string of the molecule is Cc1nc(CO)sc1-c1csc(NC(=O)[C@H]2C[C@@H](OCC(F)(F)F)C2)n1. The van der Waals surface area contributed by atoms with E-state index in [2.05, 4.69) is 15.3 Å². The van der Waals surface area contributed by atoms with Gasteiger partial charge in [-0.25, -0.2) is 9.97 Å². The quantitative estimate of drug-likeness (QED) is 0.767. The zero-order chi connectivity index (χ0) is 18.9. The zero-order valence-electron chi connectivity index (χ0n) is 13.7. The van der Waals surface area contributed by atoms with E-state index in [0.717, 1.165) is 10.6 Å². The summed E-state index contributed by atoms with van der Waals surface area (Å²) in [6, 6.07) is 0. The highest BCUT2D eigenvalue weighted by Gasteiger charge is 2.38. The number of aliphatic hydroxyl groups is 1. The van der Waals surface area contributed by atoms with Crippen LogP contribution in [0.15, 0.2) is 5.38 Å². The molecule has 1 aliphatic carbocycles. The Hall–Kier alpha value is -1.56. The van der Waals surface area contributed by atoms with Crippen LogP contribution < -0.4 is 5.32 Å². The van der Waals surface area contributed by atoms with E-state index in [1.54, 1.807) is 5.38 Å². The number of carbonyl (C=O) groups excluding carboxylic acids is 1. The summed E-state index contributed by atoms with van der Waals surface area (Å²) >= 11 is 2.59. The van der Waals surface area contributed by atoms with Crippen LogP contribution in [0.3, 0.4) is 0 Å². The Morgan fingerprint density at radius 1 is 1.42 bits per heavy atom. The number of nitrogens with one attached hydrogen (secondary N) is 1. The summed E-state index contributed by atoms with van der Waals surface area (Å²) in [6.45, 7) is 0.391. The Bertz CT molecular complexity index is 785. The first-order valence-corrected chi connectivity index (χ1v) is 9.47. The van der Waals surface area contributed by atoms with Gasteiger partial charge in [0.15, 0.2) is 5.13 Å². The van der Waals surface area contributed by atoms with Gasteiger partial charge in [-0.3, -0.25) is 4.79 Å². The Kier molecular flexibility index (Phi) is 5.61. The summed E-state index contributed by atoms with van der Waals surface area (Å²) in [5.74, 6) is -0.637.